The Labute approximate surface area is 167 Å². The normalized spacial score (nSPS) is 18.8. The highest BCUT2D eigenvalue weighted by atomic mass is 16.5. The standard InChI is InChI=1S/C22H32N2O4/c1-17(28-20-10-8-19(27-2)9-11-20)22(26)24-15-13-23(14-16-24)21(25)12-7-18-5-3-4-6-18/h8-11,17-18H,3-7,12-16H2,1-2H3. The highest BCUT2D eigenvalue weighted by molar-refractivity contribution is 5.81. The van der Waals surface area contributed by atoms with Gasteiger partial charge in [-0.1, -0.05) is 25.7 Å². The summed E-state index contributed by atoms with van der Waals surface area (Å²) < 4.78 is 10.9. The van der Waals surface area contributed by atoms with Crippen LogP contribution in [-0.2, 0) is 9.59 Å². The van der Waals surface area contributed by atoms with Gasteiger partial charge in [-0.3, -0.25) is 9.59 Å². The molecule has 0 N–H and O–H groups in total. The molecule has 1 aromatic rings. The third-order valence-corrected chi connectivity index (χ3v) is 5.91. The fourth-order valence-electron chi connectivity index (χ4n) is 4.13. The second kappa shape index (κ2) is 9.80. The molecule has 2 amide bonds. The third-order valence-electron chi connectivity index (χ3n) is 5.91. The van der Waals surface area contributed by atoms with Gasteiger partial charge in [-0.2, -0.15) is 0 Å². The second-order valence-corrected chi connectivity index (χ2v) is 7.83. The predicted octanol–water partition coefficient (Wildman–Crippen LogP) is 3.10. The topological polar surface area (TPSA) is 59.1 Å². The summed E-state index contributed by atoms with van der Waals surface area (Å²) in [5.74, 6) is 2.33. The van der Waals surface area contributed by atoms with Crippen molar-refractivity contribution in [1.82, 2.24) is 9.80 Å². The Morgan fingerprint density at radius 3 is 2.18 bits per heavy atom. The van der Waals surface area contributed by atoms with Crippen LogP contribution < -0.4 is 9.47 Å². The first-order valence-electron chi connectivity index (χ1n) is 10.4. The minimum atomic E-state index is -0.557. The van der Waals surface area contributed by atoms with E-state index in [1.807, 2.05) is 17.0 Å². The molecule has 1 saturated carbocycles. The quantitative estimate of drug-likeness (QED) is 0.720. The lowest BCUT2D eigenvalue weighted by Crippen LogP contribution is -2.53. The Morgan fingerprint density at radius 1 is 1.00 bits per heavy atom. The number of carbonyl (C=O) groups is 2. The van der Waals surface area contributed by atoms with Gasteiger partial charge in [0.25, 0.3) is 5.91 Å². The Morgan fingerprint density at radius 2 is 1.57 bits per heavy atom. The minimum absolute atomic E-state index is 0.0335. The molecule has 2 fully saturated rings. The van der Waals surface area contributed by atoms with Crippen molar-refractivity contribution >= 4 is 11.8 Å². The van der Waals surface area contributed by atoms with E-state index in [4.69, 9.17) is 9.47 Å². The van der Waals surface area contributed by atoms with Crippen molar-refractivity contribution in [2.45, 2.75) is 51.6 Å². The molecule has 1 unspecified atom stereocenters. The molecule has 0 spiro atoms. The third kappa shape index (κ3) is 5.40. The zero-order valence-electron chi connectivity index (χ0n) is 17.1. The molecule has 0 aromatic heterocycles. The Hall–Kier alpha value is -2.24. The van der Waals surface area contributed by atoms with E-state index >= 15 is 0 Å². The van der Waals surface area contributed by atoms with E-state index in [0.717, 1.165) is 18.1 Å². The van der Waals surface area contributed by atoms with Crippen LogP contribution in [0.15, 0.2) is 24.3 Å². The zero-order chi connectivity index (χ0) is 19.9. The monoisotopic (exact) mass is 388 g/mol. The number of amides is 2. The summed E-state index contributed by atoms with van der Waals surface area (Å²) in [5, 5.41) is 0. The molecule has 6 nitrogen and oxygen atoms in total. The van der Waals surface area contributed by atoms with Crippen LogP contribution in [-0.4, -0.2) is 61.0 Å². The fraction of sp³-hybridized carbons (Fsp3) is 0.636. The molecule has 1 atom stereocenters. The number of piperazine rings is 1. The molecule has 1 saturated heterocycles. The number of benzene rings is 1. The molecule has 0 bridgehead atoms. The molecule has 1 aliphatic carbocycles. The van der Waals surface area contributed by atoms with Crippen LogP contribution in [0.25, 0.3) is 0 Å². The van der Waals surface area contributed by atoms with Crippen molar-refractivity contribution in [1.29, 1.82) is 0 Å². The molecular formula is C22H32N2O4. The molecule has 28 heavy (non-hydrogen) atoms. The Balaban J connectivity index is 1.41. The number of ether oxygens (including phenoxy) is 2. The molecule has 1 heterocycles. The SMILES string of the molecule is COc1ccc(OC(C)C(=O)N2CCN(C(=O)CCC3CCCC3)CC2)cc1. The summed E-state index contributed by atoms with van der Waals surface area (Å²) in [6, 6.07) is 7.21. The van der Waals surface area contributed by atoms with Crippen molar-refractivity contribution in [3.63, 3.8) is 0 Å². The predicted molar refractivity (Wildman–Crippen MR) is 107 cm³/mol. The first-order chi connectivity index (χ1) is 13.6. The maximum absolute atomic E-state index is 12.7. The molecule has 2 aliphatic rings. The summed E-state index contributed by atoms with van der Waals surface area (Å²) in [4.78, 5) is 28.8. The summed E-state index contributed by atoms with van der Waals surface area (Å²) in [7, 11) is 1.61. The van der Waals surface area contributed by atoms with Gasteiger partial charge in [0.15, 0.2) is 6.10 Å². The molecule has 154 valence electrons. The maximum Gasteiger partial charge on any atom is 0.263 e. The average molecular weight is 389 g/mol. The molecular weight excluding hydrogens is 356 g/mol. The van der Waals surface area contributed by atoms with E-state index in [2.05, 4.69) is 0 Å². The highest BCUT2D eigenvalue weighted by Gasteiger charge is 2.28. The van der Waals surface area contributed by atoms with Crippen molar-refractivity contribution in [2.75, 3.05) is 33.3 Å². The van der Waals surface area contributed by atoms with Crippen LogP contribution >= 0.6 is 0 Å². The molecule has 1 aromatic carbocycles. The van der Waals surface area contributed by atoms with Gasteiger partial charge >= 0.3 is 0 Å². The molecule has 3 rings (SSSR count). The van der Waals surface area contributed by atoms with Crippen molar-refractivity contribution in [3.05, 3.63) is 24.3 Å². The van der Waals surface area contributed by atoms with Crippen LogP contribution in [0.3, 0.4) is 0 Å². The lowest BCUT2D eigenvalue weighted by molar-refractivity contribution is -0.143. The van der Waals surface area contributed by atoms with Gasteiger partial charge in [-0.15, -0.1) is 0 Å². The van der Waals surface area contributed by atoms with E-state index in [1.165, 1.54) is 25.7 Å². The number of carbonyl (C=O) groups excluding carboxylic acids is 2. The number of hydrogen-bond donors (Lipinski definition) is 0. The van der Waals surface area contributed by atoms with Gasteiger partial charge in [-0.25, -0.2) is 0 Å². The van der Waals surface area contributed by atoms with E-state index < -0.39 is 6.10 Å². The highest BCUT2D eigenvalue weighted by Crippen LogP contribution is 2.28. The van der Waals surface area contributed by atoms with E-state index in [1.54, 1.807) is 31.1 Å². The lowest BCUT2D eigenvalue weighted by atomic mass is 10.0. The summed E-state index contributed by atoms with van der Waals surface area (Å²) >= 11 is 0. The van der Waals surface area contributed by atoms with Crippen LogP contribution in [0.1, 0.15) is 45.4 Å². The largest absolute Gasteiger partial charge is 0.497 e. The van der Waals surface area contributed by atoms with E-state index in [-0.39, 0.29) is 11.8 Å². The van der Waals surface area contributed by atoms with Crippen LogP contribution in [0, 0.1) is 5.92 Å². The van der Waals surface area contributed by atoms with Crippen molar-refractivity contribution < 1.29 is 19.1 Å². The summed E-state index contributed by atoms with van der Waals surface area (Å²) in [6.45, 7) is 4.15. The van der Waals surface area contributed by atoms with E-state index in [0.29, 0.717) is 38.3 Å². The fourth-order valence-corrected chi connectivity index (χ4v) is 4.13. The molecule has 0 radical (unpaired) electrons. The minimum Gasteiger partial charge on any atom is -0.497 e. The summed E-state index contributed by atoms with van der Waals surface area (Å²) in [5.41, 5.74) is 0. The first kappa shape index (κ1) is 20.5. The van der Waals surface area contributed by atoms with Crippen molar-refractivity contribution in [3.8, 4) is 11.5 Å². The maximum atomic E-state index is 12.7. The van der Waals surface area contributed by atoms with E-state index in [9.17, 15) is 9.59 Å². The first-order valence-corrected chi connectivity index (χ1v) is 10.4. The van der Waals surface area contributed by atoms with Crippen LogP contribution in [0.4, 0.5) is 0 Å². The number of nitrogens with zero attached hydrogens (tertiary/aromatic N) is 2. The molecule has 6 heteroatoms. The zero-order valence-corrected chi connectivity index (χ0v) is 17.1. The van der Waals surface area contributed by atoms with Gasteiger partial charge in [-0.05, 0) is 43.5 Å². The average Bonchev–Trinajstić information content (AvgIpc) is 3.26. The van der Waals surface area contributed by atoms with Gasteiger partial charge in [0.1, 0.15) is 11.5 Å². The number of hydrogen-bond acceptors (Lipinski definition) is 4. The second-order valence-electron chi connectivity index (χ2n) is 7.83. The van der Waals surface area contributed by atoms with Gasteiger partial charge < -0.3 is 19.3 Å². The smallest absolute Gasteiger partial charge is 0.263 e. The van der Waals surface area contributed by atoms with Crippen LogP contribution in [0.2, 0.25) is 0 Å². The van der Waals surface area contributed by atoms with Crippen LogP contribution in [0.5, 0.6) is 11.5 Å². The van der Waals surface area contributed by atoms with Crippen molar-refractivity contribution in [2.24, 2.45) is 5.92 Å². The Bertz CT molecular complexity index is 647. The van der Waals surface area contributed by atoms with Gasteiger partial charge in [0, 0.05) is 32.6 Å². The van der Waals surface area contributed by atoms with Gasteiger partial charge in [0.05, 0.1) is 7.11 Å². The van der Waals surface area contributed by atoms with Gasteiger partial charge in [0.2, 0.25) is 5.91 Å². The Kier molecular flexibility index (Phi) is 7.18. The number of rotatable bonds is 7. The lowest BCUT2D eigenvalue weighted by Gasteiger charge is -2.36. The number of methoxy groups -OCH3 is 1. The molecule has 1 aliphatic heterocycles. The summed E-state index contributed by atoms with van der Waals surface area (Å²) in [6.07, 6.45) is 6.30.